The van der Waals surface area contributed by atoms with Crippen LogP contribution >= 0.6 is 11.8 Å². The van der Waals surface area contributed by atoms with E-state index in [4.69, 9.17) is 4.42 Å². The van der Waals surface area contributed by atoms with Gasteiger partial charge in [0.05, 0.1) is 16.6 Å². The summed E-state index contributed by atoms with van der Waals surface area (Å²) >= 11 is 1.48. The number of benzene rings is 2. The lowest BCUT2D eigenvalue weighted by Gasteiger charge is -1.99. The second-order valence-electron chi connectivity index (χ2n) is 5.05. The number of allylic oxidation sites excluding steroid dienone is 1. The van der Waals surface area contributed by atoms with E-state index >= 15 is 0 Å². The van der Waals surface area contributed by atoms with Crippen molar-refractivity contribution in [3.05, 3.63) is 88.2 Å². The lowest BCUT2D eigenvalue weighted by atomic mass is 10.1. The van der Waals surface area contributed by atoms with Crippen molar-refractivity contribution in [2.75, 3.05) is 0 Å². The number of hydrogen-bond donors (Lipinski definition) is 0. The van der Waals surface area contributed by atoms with E-state index in [-0.39, 0.29) is 5.69 Å². The second-order valence-corrected chi connectivity index (χ2v) is 6.13. The molecule has 0 amide bonds. The Balaban J connectivity index is 1.85. The van der Waals surface area contributed by atoms with Gasteiger partial charge in [-0.25, -0.2) is 0 Å². The van der Waals surface area contributed by atoms with Crippen LogP contribution in [-0.4, -0.2) is 4.92 Å². The Bertz CT molecular complexity index is 972. The van der Waals surface area contributed by atoms with Gasteiger partial charge in [0.1, 0.15) is 5.76 Å². The summed E-state index contributed by atoms with van der Waals surface area (Å²) in [7, 11) is 0. The monoisotopic (exact) mass is 348 g/mol. The highest BCUT2D eigenvalue weighted by molar-refractivity contribution is 7.99. The summed E-state index contributed by atoms with van der Waals surface area (Å²) in [5.41, 5.74) is 0.720. The minimum Gasteiger partial charge on any atom is -0.450 e. The maximum absolute atomic E-state index is 10.9. The van der Waals surface area contributed by atoms with E-state index in [0.717, 1.165) is 4.90 Å². The zero-order valence-corrected chi connectivity index (χ0v) is 13.8. The number of non-ortho nitro benzene ring substituents is 1. The molecule has 25 heavy (non-hydrogen) atoms. The predicted octanol–water partition coefficient (Wildman–Crippen LogP) is 5.40. The molecule has 0 aliphatic carbocycles. The quantitative estimate of drug-likeness (QED) is 0.350. The Labute approximate surface area is 148 Å². The molecule has 5 nitrogen and oxygen atoms in total. The van der Waals surface area contributed by atoms with Crippen LogP contribution < -0.4 is 0 Å². The minimum atomic E-state index is -0.486. The molecular formula is C19H12N2O3S. The van der Waals surface area contributed by atoms with Crippen LogP contribution in [0.4, 0.5) is 5.69 Å². The van der Waals surface area contributed by atoms with Crippen LogP contribution in [0.5, 0.6) is 0 Å². The minimum absolute atomic E-state index is 0.0570. The van der Waals surface area contributed by atoms with Crippen molar-refractivity contribution in [3.63, 3.8) is 0 Å². The van der Waals surface area contributed by atoms with Gasteiger partial charge in [0, 0.05) is 17.0 Å². The van der Waals surface area contributed by atoms with Crippen LogP contribution in [-0.2, 0) is 0 Å². The van der Waals surface area contributed by atoms with E-state index in [1.807, 2.05) is 36.4 Å². The molecule has 0 aliphatic heterocycles. The topological polar surface area (TPSA) is 80.1 Å². The van der Waals surface area contributed by atoms with Gasteiger partial charge in [-0.1, -0.05) is 42.1 Å². The van der Waals surface area contributed by atoms with Crippen LogP contribution in [0.2, 0.25) is 0 Å². The molecule has 1 heterocycles. The van der Waals surface area contributed by atoms with E-state index in [1.54, 1.807) is 24.3 Å². The smallest absolute Gasteiger partial charge is 0.270 e. The van der Waals surface area contributed by atoms with E-state index < -0.39 is 4.92 Å². The highest BCUT2D eigenvalue weighted by Gasteiger charge is 2.10. The molecule has 0 radical (unpaired) electrons. The Morgan fingerprint density at radius 1 is 1.12 bits per heavy atom. The molecule has 6 heteroatoms. The Hall–Kier alpha value is -3.30. The molecule has 122 valence electrons. The average molecular weight is 348 g/mol. The van der Waals surface area contributed by atoms with Crippen LogP contribution in [0.3, 0.4) is 0 Å². The molecule has 0 fully saturated rings. The first-order chi connectivity index (χ1) is 12.2. The van der Waals surface area contributed by atoms with Crippen molar-refractivity contribution in [1.82, 2.24) is 0 Å². The van der Waals surface area contributed by atoms with Gasteiger partial charge in [-0.15, -0.1) is 0 Å². The number of furan rings is 1. The van der Waals surface area contributed by atoms with Crippen LogP contribution in [0.1, 0.15) is 11.3 Å². The molecule has 2 aromatic carbocycles. The third-order valence-corrected chi connectivity index (χ3v) is 4.27. The summed E-state index contributed by atoms with van der Waals surface area (Å²) in [4.78, 5) is 11.4. The number of hydrogen-bond acceptors (Lipinski definition) is 5. The summed E-state index contributed by atoms with van der Waals surface area (Å²) in [5.74, 6) is 0.515. The summed E-state index contributed by atoms with van der Waals surface area (Å²) in [6, 6.07) is 21.4. The van der Waals surface area contributed by atoms with Gasteiger partial charge in [0.2, 0.25) is 0 Å². The van der Waals surface area contributed by atoms with E-state index in [0.29, 0.717) is 22.0 Å². The summed E-state index contributed by atoms with van der Waals surface area (Å²) < 4.78 is 5.72. The van der Waals surface area contributed by atoms with Crippen molar-refractivity contribution in [2.24, 2.45) is 0 Å². The van der Waals surface area contributed by atoms with Gasteiger partial charge < -0.3 is 4.42 Å². The van der Waals surface area contributed by atoms with E-state index in [2.05, 4.69) is 6.07 Å². The summed E-state index contributed by atoms with van der Waals surface area (Å²) in [6.45, 7) is 0. The van der Waals surface area contributed by atoms with Gasteiger partial charge >= 0.3 is 0 Å². The number of rotatable bonds is 5. The standard InChI is InChI=1S/C19H12N2O3S/c20-13-15(14-5-4-6-16(11-14)21(22)23)12-17-9-10-19(24-17)25-18-7-2-1-3-8-18/h1-12H/b15-12-. The Morgan fingerprint density at radius 2 is 1.92 bits per heavy atom. The number of nitro groups is 1. The summed E-state index contributed by atoms with van der Waals surface area (Å²) in [6.07, 6.45) is 1.58. The third-order valence-electron chi connectivity index (χ3n) is 3.34. The number of nitro benzene ring substituents is 1. The zero-order chi connectivity index (χ0) is 17.6. The molecule has 3 rings (SSSR count). The van der Waals surface area contributed by atoms with Gasteiger partial charge in [0.15, 0.2) is 5.09 Å². The molecule has 0 unspecified atom stereocenters. The van der Waals surface area contributed by atoms with Gasteiger partial charge in [-0.2, -0.15) is 5.26 Å². The molecule has 0 aliphatic rings. The molecule has 0 bridgehead atoms. The van der Waals surface area contributed by atoms with Gasteiger partial charge in [-0.3, -0.25) is 10.1 Å². The molecule has 0 spiro atoms. The number of nitrogens with zero attached hydrogens (tertiary/aromatic N) is 2. The van der Waals surface area contributed by atoms with Crippen molar-refractivity contribution in [2.45, 2.75) is 9.99 Å². The van der Waals surface area contributed by atoms with Gasteiger partial charge in [0.25, 0.3) is 5.69 Å². The van der Waals surface area contributed by atoms with Crippen molar-refractivity contribution >= 4 is 29.1 Å². The van der Waals surface area contributed by atoms with Crippen LogP contribution in [0.25, 0.3) is 11.6 Å². The average Bonchev–Trinajstić information content (AvgIpc) is 3.07. The fourth-order valence-electron chi connectivity index (χ4n) is 2.18. The first-order valence-corrected chi connectivity index (χ1v) is 8.17. The highest BCUT2D eigenvalue weighted by Crippen LogP contribution is 2.30. The maximum Gasteiger partial charge on any atom is 0.270 e. The fourth-order valence-corrected chi connectivity index (χ4v) is 2.98. The predicted molar refractivity (Wildman–Crippen MR) is 95.9 cm³/mol. The number of nitriles is 1. The molecule has 0 saturated carbocycles. The maximum atomic E-state index is 10.9. The third kappa shape index (κ3) is 4.16. The van der Waals surface area contributed by atoms with E-state index in [9.17, 15) is 15.4 Å². The first kappa shape index (κ1) is 16.6. The van der Waals surface area contributed by atoms with E-state index in [1.165, 1.54) is 23.9 Å². The first-order valence-electron chi connectivity index (χ1n) is 7.35. The Morgan fingerprint density at radius 3 is 2.64 bits per heavy atom. The SMILES string of the molecule is N#C/C(=C/c1ccc(Sc2ccccc2)o1)c1cccc([N+](=O)[O-])c1. The van der Waals surface area contributed by atoms with Gasteiger partial charge in [-0.05, 0) is 35.9 Å². The highest BCUT2D eigenvalue weighted by atomic mass is 32.2. The van der Waals surface area contributed by atoms with Crippen molar-refractivity contribution in [1.29, 1.82) is 5.26 Å². The zero-order valence-electron chi connectivity index (χ0n) is 13.0. The lowest BCUT2D eigenvalue weighted by molar-refractivity contribution is -0.384. The molecule has 1 aromatic heterocycles. The second kappa shape index (κ2) is 7.51. The normalized spacial score (nSPS) is 11.1. The molecule has 0 N–H and O–H groups in total. The fraction of sp³-hybridized carbons (Fsp3) is 0. The molecule has 3 aromatic rings. The summed E-state index contributed by atoms with van der Waals surface area (Å²) in [5, 5.41) is 21.0. The van der Waals surface area contributed by atoms with Crippen LogP contribution in [0.15, 0.2) is 81.1 Å². The molecular weight excluding hydrogens is 336 g/mol. The van der Waals surface area contributed by atoms with Crippen molar-refractivity contribution in [3.8, 4) is 6.07 Å². The largest absolute Gasteiger partial charge is 0.450 e. The van der Waals surface area contributed by atoms with Crippen LogP contribution in [0, 0.1) is 21.4 Å². The van der Waals surface area contributed by atoms with Crippen molar-refractivity contribution < 1.29 is 9.34 Å². The molecule has 0 saturated heterocycles. The Kier molecular flexibility index (Phi) is 4.97. The lowest BCUT2D eigenvalue weighted by Crippen LogP contribution is -1.89. The molecule has 0 atom stereocenters.